The lowest BCUT2D eigenvalue weighted by Gasteiger charge is -2.47. The number of benzene rings is 1. The van der Waals surface area contributed by atoms with Gasteiger partial charge in [-0.05, 0) is 49.9 Å². The zero-order valence-electron chi connectivity index (χ0n) is 13.1. The van der Waals surface area contributed by atoms with Crippen LogP contribution < -0.4 is 10.1 Å². The van der Waals surface area contributed by atoms with Gasteiger partial charge in [0.1, 0.15) is 11.4 Å². The normalized spacial score (nSPS) is 31.8. The third-order valence-corrected chi connectivity index (χ3v) is 5.42. The largest absolute Gasteiger partial charge is 0.487 e. The van der Waals surface area contributed by atoms with Crippen LogP contribution in [0.5, 0.6) is 5.75 Å². The molecule has 1 fully saturated rings. The van der Waals surface area contributed by atoms with Gasteiger partial charge in [0, 0.05) is 23.0 Å². The molecule has 0 bridgehead atoms. The van der Waals surface area contributed by atoms with Crippen molar-refractivity contribution in [3.63, 3.8) is 0 Å². The summed E-state index contributed by atoms with van der Waals surface area (Å²) in [6, 6.07) is 6.44. The second kappa shape index (κ2) is 6.18. The lowest BCUT2D eigenvalue weighted by atomic mass is 9.72. The Bertz CT molecular complexity index is 504. The topological polar surface area (TPSA) is 21.3 Å². The summed E-state index contributed by atoms with van der Waals surface area (Å²) in [5.41, 5.74) is 1.26. The van der Waals surface area contributed by atoms with Crippen molar-refractivity contribution in [1.29, 1.82) is 0 Å². The van der Waals surface area contributed by atoms with Crippen molar-refractivity contribution >= 4 is 11.6 Å². The van der Waals surface area contributed by atoms with Crippen LogP contribution in [0.15, 0.2) is 18.2 Å². The van der Waals surface area contributed by atoms with E-state index in [1.54, 1.807) is 0 Å². The van der Waals surface area contributed by atoms with Crippen molar-refractivity contribution in [3.05, 3.63) is 28.8 Å². The molecule has 1 spiro atoms. The Morgan fingerprint density at radius 1 is 1.33 bits per heavy atom. The van der Waals surface area contributed by atoms with Crippen LogP contribution in [-0.2, 0) is 0 Å². The Kier molecular flexibility index (Phi) is 4.46. The smallest absolute Gasteiger partial charge is 0.125 e. The second-order valence-electron chi connectivity index (χ2n) is 6.65. The lowest BCUT2D eigenvalue weighted by molar-refractivity contribution is -0.0213. The number of ether oxygens (including phenoxy) is 1. The average Bonchev–Trinajstić information content (AvgIpc) is 2.48. The summed E-state index contributed by atoms with van der Waals surface area (Å²) in [7, 11) is 0. The molecule has 1 aliphatic heterocycles. The van der Waals surface area contributed by atoms with E-state index < -0.39 is 0 Å². The molecule has 0 radical (unpaired) electrons. The molecule has 1 heterocycles. The van der Waals surface area contributed by atoms with Gasteiger partial charge in [-0.1, -0.05) is 38.3 Å². The highest BCUT2D eigenvalue weighted by molar-refractivity contribution is 6.30. The molecule has 2 nitrogen and oxygen atoms in total. The van der Waals surface area contributed by atoms with Gasteiger partial charge in [-0.3, -0.25) is 0 Å². The monoisotopic (exact) mass is 307 g/mol. The maximum Gasteiger partial charge on any atom is 0.125 e. The number of rotatable bonds is 3. The number of nitrogens with one attached hydrogen (secondary N) is 1. The minimum atomic E-state index is 0.0343. The van der Waals surface area contributed by atoms with Crippen LogP contribution in [0.1, 0.15) is 64.0 Å². The summed E-state index contributed by atoms with van der Waals surface area (Å²) < 4.78 is 6.53. The predicted octanol–water partition coefficient (Wildman–Crippen LogP) is 5.11. The average molecular weight is 308 g/mol. The van der Waals surface area contributed by atoms with E-state index in [4.69, 9.17) is 16.3 Å². The molecule has 1 aromatic carbocycles. The maximum atomic E-state index is 6.53. The van der Waals surface area contributed by atoms with Gasteiger partial charge in [0.05, 0.1) is 0 Å². The molecule has 1 saturated carbocycles. The molecule has 21 heavy (non-hydrogen) atoms. The minimum Gasteiger partial charge on any atom is -0.487 e. The van der Waals surface area contributed by atoms with Crippen LogP contribution in [0.25, 0.3) is 0 Å². The minimum absolute atomic E-state index is 0.0343. The first-order chi connectivity index (χ1) is 10.2. The second-order valence-corrected chi connectivity index (χ2v) is 7.09. The first kappa shape index (κ1) is 15.2. The van der Waals surface area contributed by atoms with Crippen molar-refractivity contribution < 1.29 is 4.74 Å². The highest BCUT2D eigenvalue weighted by Crippen LogP contribution is 2.48. The van der Waals surface area contributed by atoms with E-state index in [-0.39, 0.29) is 5.60 Å². The lowest BCUT2D eigenvalue weighted by Crippen LogP contribution is -2.47. The molecule has 0 amide bonds. The molecule has 1 aromatic rings. The van der Waals surface area contributed by atoms with E-state index in [0.29, 0.717) is 6.04 Å². The molecule has 1 aliphatic carbocycles. The number of hydrogen-bond acceptors (Lipinski definition) is 2. The highest BCUT2D eigenvalue weighted by atomic mass is 35.5. The molecule has 3 heteroatoms. The summed E-state index contributed by atoms with van der Waals surface area (Å²) in [4.78, 5) is 0. The Morgan fingerprint density at radius 3 is 2.95 bits per heavy atom. The van der Waals surface area contributed by atoms with Crippen molar-refractivity contribution in [2.45, 2.75) is 64.0 Å². The van der Waals surface area contributed by atoms with Crippen molar-refractivity contribution in [3.8, 4) is 5.75 Å². The molecule has 3 atom stereocenters. The van der Waals surface area contributed by atoms with Crippen LogP contribution in [0, 0.1) is 5.92 Å². The molecule has 116 valence electrons. The Morgan fingerprint density at radius 2 is 2.19 bits per heavy atom. The number of hydrogen-bond donors (Lipinski definition) is 1. The van der Waals surface area contributed by atoms with Crippen molar-refractivity contribution in [2.24, 2.45) is 5.92 Å². The molecule has 0 aromatic heterocycles. The summed E-state index contributed by atoms with van der Waals surface area (Å²) in [6.07, 6.45) is 7.39. The first-order valence-electron chi connectivity index (χ1n) is 8.37. The van der Waals surface area contributed by atoms with Crippen LogP contribution in [0.3, 0.4) is 0 Å². The van der Waals surface area contributed by atoms with E-state index in [1.165, 1.54) is 37.7 Å². The zero-order chi connectivity index (χ0) is 14.9. The van der Waals surface area contributed by atoms with Gasteiger partial charge in [0.2, 0.25) is 0 Å². The van der Waals surface area contributed by atoms with Gasteiger partial charge in [0.15, 0.2) is 0 Å². The Balaban J connectivity index is 1.91. The van der Waals surface area contributed by atoms with Gasteiger partial charge in [-0.25, -0.2) is 0 Å². The third-order valence-electron chi connectivity index (χ3n) is 5.18. The Labute approximate surface area is 133 Å². The highest BCUT2D eigenvalue weighted by Gasteiger charge is 2.43. The molecule has 2 aliphatic rings. The summed E-state index contributed by atoms with van der Waals surface area (Å²) in [5, 5.41) is 4.43. The maximum absolute atomic E-state index is 6.53. The SMILES string of the molecule is CCNC1CC2(CCCC(CC)C2)Oc2ccc(Cl)cc21. The van der Waals surface area contributed by atoms with E-state index >= 15 is 0 Å². The molecule has 3 unspecified atom stereocenters. The van der Waals surface area contributed by atoms with Gasteiger partial charge < -0.3 is 10.1 Å². The first-order valence-corrected chi connectivity index (χ1v) is 8.75. The van der Waals surface area contributed by atoms with E-state index in [9.17, 15) is 0 Å². The quantitative estimate of drug-likeness (QED) is 0.837. The summed E-state index contributed by atoms with van der Waals surface area (Å²) in [5.74, 6) is 1.85. The zero-order valence-corrected chi connectivity index (χ0v) is 13.9. The molecule has 3 rings (SSSR count). The molecular formula is C18H26ClNO. The number of fused-ring (bicyclic) bond motifs is 1. The third kappa shape index (κ3) is 3.07. The molecular weight excluding hydrogens is 282 g/mol. The van der Waals surface area contributed by atoms with Gasteiger partial charge in [0.25, 0.3) is 0 Å². The standard InChI is InChI=1S/C18H26ClNO/c1-3-13-6-5-9-18(11-13)12-16(20-4-2)15-10-14(19)7-8-17(15)21-18/h7-8,10,13,16,20H,3-6,9,11-12H2,1-2H3. The van der Waals surface area contributed by atoms with Crippen molar-refractivity contribution in [2.75, 3.05) is 6.54 Å². The van der Waals surface area contributed by atoms with Crippen LogP contribution in [0.2, 0.25) is 5.02 Å². The summed E-state index contributed by atoms with van der Waals surface area (Å²) >= 11 is 6.18. The van der Waals surface area contributed by atoms with E-state index in [2.05, 4.69) is 31.3 Å². The molecule has 1 N–H and O–H groups in total. The predicted molar refractivity (Wildman–Crippen MR) is 88.1 cm³/mol. The van der Waals surface area contributed by atoms with Gasteiger partial charge in [-0.2, -0.15) is 0 Å². The van der Waals surface area contributed by atoms with Gasteiger partial charge >= 0.3 is 0 Å². The summed E-state index contributed by atoms with van der Waals surface area (Å²) in [6.45, 7) is 5.45. The van der Waals surface area contributed by atoms with Crippen LogP contribution >= 0.6 is 11.6 Å². The van der Waals surface area contributed by atoms with E-state index in [1.807, 2.05) is 6.07 Å². The number of halogens is 1. The van der Waals surface area contributed by atoms with E-state index in [0.717, 1.165) is 29.7 Å². The fourth-order valence-corrected chi connectivity index (χ4v) is 4.32. The Hall–Kier alpha value is -0.730. The fourth-order valence-electron chi connectivity index (χ4n) is 4.14. The van der Waals surface area contributed by atoms with Gasteiger partial charge in [-0.15, -0.1) is 0 Å². The molecule has 0 saturated heterocycles. The fraction of sp³-hybridized carbons (Fsp3) is 0.667. The van der Waals surface area contributed by atoms with Crippen LogP contribution in [-0.4, -0.2) is 12.1 Å². The van der Waals surface area contributed by atoms with Crippen LogP contribution in [0.4, 0.5) is 0 Å². The van der Waals surface area contributed by atoms with Crippen molar-refractivity contribution in [1.82, 2.24) is 5.32 Å².